The summed E-state index contributed by atoms with van der Waals surface area (Å²) in [5.74, 6) is 0.229. The molecule has 0 unspecified atom stereocenters. The Morgan fingerprint density at radius 1 is 1.48 bits per heavy atom. The minimum Gasteiger partial charge on any atom is -0.459 e. The predicted molar refractivity (Wildman–Crippen MR) is 80.4 cm³/mol. The molecule has 4 nitrogen and oxygen atoms in total. The molecule has 1 heterocycles. The molecule has 0 N–H and O–H groups in total. The van der Waals surface area contributed by atoms with E-state index >= 15 is 0 Å². The van der Waals surface area contributed by atoms with Gasteiger partial charge < -0.3 is 4.74 Å². The van der Waals surface area contributed by atoms with Gasteiger partial charge in [0.15, 0.2) is 0 Å². The molecule has 1 saturated carbocycles. The minimum absolute atomic E-state index is 0.00980. The number of esters is 1. The number of carbonyl (C=O) groups is 1. The van der Waals surface area contributed by atoms with Gasteiger partial charge in [0.2, 0.25) is 0 Å². The molecule has 0 bridgehead atoms. The van der Waals surface area contributed by atoms with Gasteiger partial charge in [-0.2, -0.15) is 5.10 Å². The maximum atomic E-state index is 12.0. The third kappa shape index (κ3) is 3.45. The lowest BCUT2D eigenvalue weighted by Crippen LogP contribution is -2.16. The van der Waals surface area contributed by atoms with E-state index in [-0.39, 0.29) is 12.1 Å². The first-order valence-electron chi connectivity index (χ1n) is 7.10. The van der Waals surface area contributed by atoms with Crippen molar-refractivity contribution >= 4 is 17.6 Å². The van der Waals surface area contributed by atoms with Crippen LogP contribution in [0.4, 0.5) is 0 Å². The van der Waals surface area contributed by atoms with Gasteiger partial charge in [0.05, 0.1) is 18.3 Å². The number of hydrogen-bond acceptors (Lipinski definition) is 3. The second-order valence-electron chi connectivity index (χ2n) is 5.47. The Morgan fingerprint density at radius 3 is 2.95 bits per heavy atom. The molecule has 1 atom stereocenters. The zero-order valence-corrected chi connectivity index (χ0v) is 12.6. The molecule has 0 spiro atoms. The lowest BCUT2D eigenvalue weighted by Gasteiger charge is -2.10. The second-order valence-corrected chi connectivity index (χ2v) is 5.87. The van der Waals surface area contributed by atoms with Crippen LogP contribution in [0.15, 0.2) is 36.7 Å². The van der Waals surface area contributed by atoms with E-state index in [0.717, 1.165) is 18.4 Å². The highest BCUT2D eigenvalue weighted by Gasteiger charge is 2.31. The Bertz CT molecular complexity index is 649. The summed E-state index contributed by atoms with van der Waals surface area (Å²) in [5.41, 5.74) is 1.45. The normalized spacial score (nSPS) is 15.7. The molecule has 5 heteroatoms. The van der Waals surface area contributed by atoms with E-state index in [2.05, 4.69) is 5.10 Å². The molecule has 1 aromatic carbocycles. The summed E-state index contributed by atoms with van der Waals surface area (Å²) in [7, 11) is 0. The first-order chi connectivity index (χ1) is 10.1. The van der Waals surface area contributed by atoms with Gasteiger partial charge in [-0.1, -0.05) is 29.8 Å². The number of hydrogen-bond donors (Lipinski definition) is 0. The summed E-state index contributed by atoms with van der Waals surface area (Å²) in [6.45, 7) is 2.48. The van der Waals surface area contributed by atoms with E-state index in [9.17, 15) is 4.79 Å². The van der Waals surface area contributed by atoms with Gasteiger partial charge in [0.25, 0.3) is 0 Å². The van der Waals surface area contributed by atoms with Crippen LogP contribution in [0.1, 0.15) is 35.7 Å². The average molecular weight is 305 g/mol. The summed E-state index contributed by atoms with van der Waals surface area (Å²) in [5, 5.41) is 4.89. The molecule has 1 aliphatic rings. The third-order valence-corrected chi connectivity index (χ3v) is 4.11. The Hall–Kier alpha value is -1.81. The average Bonchev–Trinajstić information content (AvgIpc) is 3.21. The van der Waals surface area contributed by atoms with Crippen molar-refractivity contribution in [3.8, 4) is 0 Å². The van der Waals surface area contributed by atoms with E-state index < -0.39 is 0 Å². The van der Waals surface area contributed by atoms with Gasteiger partial charge in [-0.3, -0.25) is 4.68 Å². The van der Waals surface area contributed by atoms with Crippen molar-refractivity contribution in [1.29, 1.82) is 0 Å². The van der Waals surface area contributed by atoms with Crippen LogP contribution in [0.2, 0.25) is 5.02 Å². The van der Waals surface area contributed by atoms with Crippen LogP contribution < -0.4 is 0 Å². The van der Waals surface area contributed by atoms with E-state index in [4.69, 9.17) is 16.3 Å². The number of carbonyl (C=O) groups excluding carboxylic acids is 1. The molecule has 1 aliphatic carbocycles. The Balaban J connectivity index is 1.65. The molecule has 1 aromatic heterocycles. The molecule has 2 aromatic rings. The molecular formula is C16H17ClN2O2. The standard InChI is InChI=1S/C16H17ClN2O2/c1-11(12-6-7-12)21-16(20)14-8-18-19(10-14)9-13-4-2-3-5-15(13)17/h2-5,8,10-12H,6-7,9H2,1H3/t11-/m0/s1. The molecular weight excluding hydrogens is 288 g/mol. The third-order valence-electron chi connectivity index (χ3n) is 3.74. The van der Waals surface area contributed by atoms with Crippen molar-refractivity contribution in [3.05, 3.63) is 52.8 Å². The van der Waals surface area contributed by atoms with Crippen LogP contribution >= 0.6 is 11.6 Å². The second kappa shape index (κ2) is 5.90. The number of ether oxygens (including phenoxy) is 1. The maximum Gasteiger partial charge on any atom is 0.341 e. The number of rotatable bonds is 5. The van der Waals surface area contributed by atoms with Gasteiger partial charge in [-0.25, -0.2) is 4.79 Å². The zero-order valence-electron chi connectivity index (χ0n) is 11.8. The summed E-state index contributed by atoms with van der Waals surface area (Å²) >= 11 is 6.12. The smallest absolute Gasteiger partial charge is 0.341 e. The van der Waals surface area contributed by atoms with Crippen LogP contribution in [0.25, 0.3) is 0 Å². The number of aromatic nitrogens is 2. The molecule has 1 fully saturated rings. The van der Waals surface area contributed by atoms with Gasteiger partial charge >= 0.3 is 5.97 Å². The highest BCUT2D eigenvalue weighted by atomic mass is 35.5. The summed E-state index contributed by atoms with van der Waals surface area (Å²) in [6, 6.07) is 7.60. The Kier molecular flexibility index (Phi) is 3.97. The monoisotopic (exact) mass is 304 g/mol. The summed E-state index contributed by atoms with van der Waals surface area (Å²) in [6.07, 6.45) is 5.54. The van der Waals surface area contributed by atoms with E-state index in [1.54, 1.807) is 17.1 Å². The maximum absolute atomic E-state index is 12.0. The molecule has 0 saturated heterocycles. The molecule has 0 aliphatic heterocycles. The van der Waals surface area contributed by atoms with Crippen molar-refractivity contribution in [3.63, 3.8) is 0 Å². The van der Waals surface area contributed by atoms with Gasteiger partial charge in [0.1, 0.15) is 6.10 Å². The first kappa shape index (κ1) is 14.1. The highest BCUT2D eigenvalue weighted by Crippen LogP contribution is 2.34. The largest absolute Gasteiger partial charge is 0.459 e. The topological polar surface area (TPSA) is 44.1 Å². The lowest BCUT2D eigenvalue weighted by atomic mass is 10.2. The lowest BCUT2D eigenvalue weighted by molar-refractivity contribution is 0.0294. The van der Waals surface area contributed by atoms with Crippen LogP contribution in [0.3, 0.4) is 0 Å². The number of benzene rings is 1. The van der Waals surface area contributed by atoms with Gasteiger partial charge in [0, 0.05) is 11.2 Å². The van der Waals surface area contributed by atoms with E-state index in [0.29, 0.717) is 23.0 Å². The summed E-state index contributed by atoms with van der Waals surface area (Å²) < 4.78 is 7.12. The SMILES string of the molecule is C[C@H](OC(=O)c1cnn(Cc2ccccc2Cl)c1)C1CC1. The summed E-state index contributed by atoms with van der Waals surface area (Å²) in [4.78, 5) is 12.0. The quantitative estimate of drug-likeness (QED) is 0.794. The number of halogens is 1. The van der Waals surface area contributed by atoms with Crippen LogP contribution in [-0.4, -0.2) is 21.9 Å². The van der Waals surface area contributed by atoms with Crippen molar-refractivity contribution < 1.29 is 9.53 Å². The van der Waals surface area contributed by atoms with Crippen LogP contribution in [0, 0.1) is 5.92 Å². The van der Waals surface area contributed by atoms with Gasteiger partial charge in [-0.15, -0.1) is 0 Å². The fourth-order valence-electron chi connectivity index (χ4n) is 2.26. The molecule has 0 amide bonds. The van der Waals surface area contributed by atoms with Crippen molar-refractivity contribution in [1.82, 2.24) is 9.78 Å². The predicted octanol–water partition coefficient (Wildman–Crippen LogP) is 3.54. The Labute approximate surface area is 128 Å². The first-order valence-corrected chi connectivity index (χ1v) is 7.48. The van der Waals surface area contributed by atoms with Crippen LogP contribution in [-0.2, 0) is 11.3 Å². The van der Waals surface area contributed by atoms with Crippen molar-refractivity contribution in [2.45, 2.75) is 32.4 Å². The van der Waals surface area contributed by atoms with E-state index in [1.165, 1.54) is 0 Å². The molecule has 110 valence electrons. The van der Waals surface area contributed by atoms with Gasteiger partial charge in [-0.05, 0) is 37.3 Å². The fraction of sp³-hybridized carbons (Fsp3) is 0.375. The molecule has 21 heavy (non-hydrogen) atoms. The minimum atomic E-state index is -0.306. The number of nitrogens with zero attached hydrogens (tertiary/aromatic N) is 2. The molecule has 3 rings (SSSR count). The van der Waals surface area contributed by atoms with Crippen LogP contribution in [0.5, 0.6) is 0 Å². The Morgan fingerprint density at radius 2 is 2.24 bits per heavy atom. The van der Waals surface area contributed by atoms with Crippen molar-refractivity contribution in [2.24, 2.45) is 5.92 Å². The highest BCUT2D eigenvalue weighted by molar-refractivity contribution is 6.31. The van der Waals surface area contributed by atoms with Crippen molar-refractivity contribution in [2.75, 3.05) is 0 Å². The fourth-order valence-corrected chi connectivity index (χ4v) is 2.45. The molecule has 0 radical (unpaired) electrons. The van der Waals surface area contributed by atoms with E-state index in [1.807, 2.05) is 31.2 Å². The zero-order chi connectivity index (χ0) is 14.8.